The first-order valence-electron chi connectivity index (χ1n) is 6.64. The van der Waals surface area contributed by atoms with Crippen molar-refractivity contribution in [2.24, 2.45) is 7.05 Å². The van der Waals surface area contributed by atoms with Gasteiger partial charge in [-0.1, -0.05) is 12.1 Å². The summed E-state index contributed by atoms with van der Waals surface area (Å²) in [5, 5.41) is 0. The maximum absolute atomic E-state index is 12.2. The fourth-order valence-corrected chi connectivity index (χ4v) is 3.21. The zero-order valence-electron chi connectivity index (χ0n) is 11.8. The van der Waals surface area contributed by atoms with E-state index in [1.807, 2.05) is 17.8 Å². The van der Waals surface area contributed by atoms with Crippen molar-refractivity contribution in [2.45, 2.75) is 17.7 Å². The third kappa shape index (κ3) is 4.30. The lowest BCUT2D eigenvalue weighted by molar-refractivity contribution is 0.580. The highest BCUT2D eigenvalue weighted by molar-refractivity contribution is 7.89. The van der Waals surface area contributed by atoms with Crippen molar-refractivity contribution in [3.8, 4) is 0 Å². The molecule has 0 aliphatic rings. The van der Waals surface area contributed by atoms with Gasteiger partial charge in [0.25, 0.3) is 0 Å². The summed E-state index contributed by atoms with van der Waals surface area (Å²) >= 11 is 5.66. The third-order valence-electron chi connectivity index (χ3n) is 3.18. The molecule has 1 heterocycles. The molecule has 0 saturated carbocycles. The fraction of sp³-hybridized carbons (Fsp3) is 0.357. The summed E-state index contributed by atoms with van der Waals surface area (Å²) in [5.74, 6) is 1.36. The summed E-state index contributed by atoms with van der Waals surface area (Å²) in [7, 11) is -1.60. The number of aromatic nitrogens is 2. The molecule has 1 aromatic heterocycles. The average Bonchev–Trinajstić information content (AvgIpc) is 2.85. The Bertz CT molecular complexity index is 680. The summed E-state index contributed by atoms with van der Waals surface area (Å²) in [5.41, 5.74) is 1.02. The lowest BCUT2D eigenvalue weighted by Gasteiger charge is -2.07. The standard InChI is InChI=1S/C14H18ClN3O2S/c1-18-11-10-16-14(18)7-9-17-21(19,20)13-4-2-12(3-5-13)6-8-15/h2-5,10-11,17H,6-9H2,1H3. The van der Waals surface area contributed by atoms with Crippen molar-refractivity contribution in [3.05, 3.63) is 48.0 Å². The van der Waals surface area contributed by atoms with Crippen LogP contribution in [0.5, 0.6) is 0 Å². The van der Waals surface area contributed by atoms with E-state index in [2.05, 4.69) is 9.71 Å². The van der Waals surface area contributed by atoms with Gasteiger partial charge < -0.3 is 4.57 Å². The van der Waals surface area contributed by atoms with Crippen LogP contribution in [0.1, 0.15) is 11.4 Å². The van der Waals surface area contributed by atoms with Crippen molar-refractivity contribution in [1.29, 1.82) is 0 Å². The Morgan fingerprint density at radius 1 is 1.24 bits per heavy atom. The summed E-state index contributed by atoms with van der Waals surface area (Å²) < 4.78 is 28.8. The zero-order chi connectivity index (χ0) is 15.3. The largest absolute Gasteiger partial charge is 0.338 e. The van der Waals surface area contributed by atoms with Gasteiger partial charge in [-0.3, -0.25) is 0 Å². The first-order chi connectivity index (χ1) is 10.0. The fourth-order valence-electron chi connectivity index (χ4n) is 1.96. The van der Waals surface area contributed by atoms with Gasteiger partial charge in [-0.15, -0.1) is 11.6 Å². The molecule has 0 fully saturated rings. The maximum atomic E-state index is 12.2. The molecule has 2 aromatic rings. The minimum Gasteiger partial charge on any atom is -0.338 e. The third-order valence-corrected chi connectivity index (χ3v) is 4.84. The lowest BCUT2D eigenvalue weighted by atomic mass is 10.2. The van der Waals surface area contributed by atoms with E-state index in [9.17, 15) is 8.42 Å². The molecule has 7 heteroatoms. The van der Waals surface area contributed by atoms with E-state index in [1.165, 1.54) is 0 Å². The minimum absolute atomic E-state index is 0.265. The molecule has 0 aliphatic carbocycles. The van der Waals surface area contributed by atoms with E-state index in [0.29, 0.717) is 18.8 Å². The van der Waals surface area contributed by atoms with E-state index in [1.54, 1.807) is 30.5 Å². The van der Waals surface area contributed by atoms with E-state index in [0.717, 1.165) is 17.8 Å². The van der Waals surface area contributed by atoms with Gasteiger partial charge in [0.15, 0.2) is 0 Å². The van der Waals surface area contributed by atoms with Crippen LogP contribution in [0, 0.1) is 0 Å². The van der Waals surface area contributed by atoms with E-state index < -0.39 is 10.0 Å². The van der Waals surface area contributed by atoms with Crippen LogP contribution in [-0.4, -0.2) is 30.4 Å². The van der Waals surface area contributed by atoms with E-state index in [-0.39, 0.29) is 4.90 Å². The first kappa shape index (κ1) is 16.0. The Labute approximate surface area is 130 Å². The Kier molecular flexibility index (Phi) is 5.39. The zero-order valence-corrected chi connectivity index (χ0v) is 13.4. The van der Waals surface area contributed by atoms with Crippen molar-refractivity contribution >= 4 is 21.6 Å². The second kappa shape index (κ2) is 7.06. The van der Waals surface area contributed by atoms with Crippen LogP contribution in [0.4, 0.5) is 0 Å². The molecule has 0 bridgehead atoms. The molecular weight excluding hydrogens is 310 g/mol. The molecule has 0 radical (unpaired) electrons. The van der Waals surface area contributed by atoms with Crippen molar-refractivity contribution in [2.75, 3.05) is 12.4 Å². The molecule has 21 heavy (non-hydrogen) atoms. The van der Waals surface area contributed by atoms with Gasteiger partial charge in [0, 0.05) is 38.3 Å². The highest BCUT2D eigenvalue weighted by Gasteiger charge is 2.13. The topological polar surface area (TPSA) is 64.0 Å². The average molecular weight is 328 g/mol. The number of rotatable bonds is 7. The van der Waals surface area contributed by atoms with Crippen molar-refractivity contribution in [3.63, 3.8) is 0 Å². The first-order valence-corrected chi connectivity index (χ1v) is 8.65. The minimum atomic E-state index is -3.48. The van der Waals surface area contributed by atoms with Crippen molar-refractivity contribution in [1.82, 2.24) is 14.3 Å². The molecule has 0 unspecified atom stereocenters. The number of hydrogen-bond acceptors (Lipinski definition) is 3. The number of aryl methyl sites for hydroxylation is 2. The number of alkyl halides is 1. The molecule has 1 N–H and O–H groups in total. The normalized spacial score (nSPS) is 11.7. The molecular formula is C14H18ClN3O2S. The van der Waals surface area contributed by atoms with Crippen LogP contribution < -0.4 is 4.72 Å². The van der Waals surface area contributed by atoms with Crippen LogP contribution in [0.2, 0.25) is 0 Å². The second-order valence-electron chi connectivity index (χ2n) is 4.69. The molecule has 0 aliphatic heterocycles. The van der Waals surface area contributed by atoms with Gasteiger partial charge in [-0.05, 0) is 24.1 Å². The smallest absolute Gasteiger partial charge is 0.240 e. The number of halogens is 1. The van der Waals surface area contributed by atoms with Gasteiger partial charge in [0.2, 0.25) is 10.0 Å². The Hall–Kier alpha value is -1.37. The Balaban J connectivity index is 1.96. The van der Waals surface area contributed by atoms with Crippen LogP contribution in [0.15, 0.2) is 41.6 Å². The molecule has 1 aromatic carbocycles. The summed E-state index contributed by atoms with van der Waals surface area (Å²) in [4.78, 5) is 4.42. The maximum Gasteiger partial charge on any atom is 0.240 e. The van der Waals surface area contributed by atoms with Crippen LogP contribution in [0.3, 0.4) is 0 Å². The molecule has 0 atom stereocenters. The SMILES string of the molecule is Cn1ccnc1CCNS(=O)(=O)c1ccc(CCCl)cc1. The van der Waals surface area contributed by atoms with Gasteiger partial charge in [-0.25, -0.2) is 18.1 Å². The molecule has 0 spiro atoms. The molecule has 0 saturated heterocycles. The second-order valence-corrected chi connectivity index (χ2v) is 6.83. The number of imidazole rings is 1. The predicted molar refractivity (Wildman–Crippen MR) is 83.0 cm³/mol. The van der Waals surface area contributed by atoms with Gasteiger partial charge >= 0.3 is 0 Å². The lowest BCUT2D eigenvalue weighted by Crippen LogP contribution is -2.26. The molecule has 2 rings (SSSR count). The Morgan fingerprint density at radius 3 is 2.52 bits per heavy atom. The number of hydrogen-bond donors (Lipinski definition) is 1. The van der Waals surface area contributed by atoms with Gasteiger partial charge in [0.05, 0.1) is 4.90 Å². The summed E-state index contributed by atoms with van der Waals surface area (Å²) in [6.07, 6.45) is 4.81. The number of sulfonamides is 1. The highest BCUT2D eigenvalue weighted by atomic mass is 35.5. The highest BCUT2D eigenvalue weighted by Crippen LogP contribution is 2.11. The number of nitrogens with one attached hydrogen (secondary N) is 1. The van der Waals surface area contributed by atoms with Crippen molar-refractivity contribution < 1.29 is 8.42 Å². The molecule has 5 nitrogen and oxygen atoms in total. The van der Waals surface area contributed by atoms with Gasteiger partial charge in [0.1, 0.15) is 5.82 Å². The van der Waals surface area contributed by atoms with Crippen LogP contribution in [0.25, 0.3) is 0 Å². The summed E-state index contributed by atoms with van der Waals surface area (Å²) in [6.45, 7) is 0.316. The monoisotopic (exact) mass is 327 g/mol. The van der Waals surface area contributed by atoms with Gasteiger partial charge in [-0.2, -0.15) is 0 Å². The van der Waals surface area contributed by atoms with E-state index in [4.69, 9.17) is 11.6 Å². The molecule has 114 valence electrons. The predicted octanol–water partition coefficient (Wildman–Crippen LogP) is 1.72. The Morgan fingerprint density at radius 2 is 1.95 bits per heavy atom. The number of benzene rings is 1. The van der Waals surface area contributed by atoms with Crippen LogP contribution >= 0.6 is 11.6 Å². The quantitative estimate of drug-likeness (QED) is 0.788. The van der Waals surface area contributed by atoms with E-state index >= 15 is 0 Å². The summed E-state index contributed by atoms with van der Waals surface area (Å²) in [6, 6.07) is 6.78. The van der Waals surface area contributed by atoms with Crippen LogP contribution in [-0.2, 0) is 29.9 Å². The number of nitrogens with zero attached hydrogens (tertiary/aromatic N) is 2. The molecule has 0 amide bonds.